The van der Waals surface area contributed by atoms with Crippen molar-refractivity contribution < 1.29 is 14.6 Å². The molecule has 0 bridgehead atoms. The number of para-hydroxylation sites is 2. The molecule has 21 heavy (non-hydrogen) atoms. The second-order valence-electron chi connectivity index (χ2n) is 4.45. The second kappa shape index (κ2) is 4.44. The number of ether oxygens (including phenoxy) is 1. The number of anilines is 2. The quantitative estimate of drug-likeness (QED) is 0.620. The number of nitrogens with zero attached hydrogens (tertiary/aromatic N) is 3. The van der Waals surface area contributed by atoms with Gasteiger partial charge in [-0.25, -0.2) is 0 Å². The fourth-order valence-electron chi connectivity index (χ4n) is 2.30. The maximum Gasteiger partial charge on any atom is 0.303 e. The van der Waals surface area contributed by atoms with Crippen LogP contribution < -0.4 is 9.64 Å². The third kappa shape index (κ3) is 1.93. The van der Waals surface area contributed by atoms with E-state index >= 15 is 0 Å². The van der Waals surface area contributed by atoms with Gasteiger partial charge in [-0.15, -0.1) is 0 Å². The van der Waals surface area contributed by atoms with E-state index in [4.69, 9.17) is 4.74 Å². The van der Waals surface area contributed by atoms with Gasteiger partial charge in [-0.1, -0.05) is 12.1 Å². The van der Waals surface area contributed by atoms with Gasteiger partial charge >= 0.3 is 5.69 Å². The van der Waals surface area contributed by atoms with Gasteiger partial charge in [0.25, 0.3) is 5.69 Å². The molecule has 2 aromatic rings. The highest BCUT2D eigenvalue weighted by Crippen LogP contribution is 2.51. The Labute approximate surface area is 118 Å². The second-order valence-corrected chi connectivity index (χ2v) is 4.45. The number of hydrogen-bond acceptors (Lipinski definition) is 6. The molecule has 0 saturated heterocycles. The third-order valence-electron chi connectivity index (χ3n) is 3.23. The molecule has 0 amide bonds. The lowest BCUT2D eigenvalue weighted by atomic mass is 10.1. The summed E-state index contributed by atoms with van der Waals surface area (Å²) in [5.41, 5.74) is 0.107. The van der Waals surface area contributed by atoms with Gasteiger partial charge in [-0.2, -0.15) is 0 Å². The first kappa shape index (κ1) is 12.9. The number of nitro benzene ring substituents is 2. The Hall–Kier alpha value is -3.16. The molecule has 1 aliphatic heterocycles. The van der Waals surface area contributed by atoms with Crippen LogP contribution in [0.15, 0.2) is 36.4 Å². The predicted molar refractivity (Wildman–Crippen MR) is 74.3 cm³/mol. The van der Waals surface area contributed by atoms with Crippen molar-refractivity contribution in [3.05, 3.63) is 56.6 Å². The van der Waals surface area contributed by atoms with Gasteiger partial charge in [0.2, 0.25) is 0 Å². The van der Waals surface area contributed by atoms with Crippen LogP contribution in [-0.4, -0.2) is 16.9 Å². The first-order valence-electron chi connectivity index (χ1n) is 5.96. The normalized spacial score (nSPS) is 12.1. The van der Waals surface area contributed by atoms with E-state index < -0.39 is 9.85 Å². The smallest absolute Gasteiger partial charge is 0.303 e. The highest BCUT2D eigenvalue weighted by atomic mass is 16.6. The molecule has 0 radical (unpaired) electrons. The van der Waals surface area contributed by atoms with Crippen molar-refractivity contribution in [3.8, 4) is 11.5 Å². The van der Waals surface area contributed by atoms with Crippen molar-refractivity contribution in [1.82, 2.24) is 0 Å². The van der Waals surface area contributed by atoms with Crippen molar-refractivity contribution in [3.63, 3.8) is 0 Å². The molecule has 8 nitrogen and oxygen atoms in total. The topological polar surface area (TPSA) is 98.8 Å². The molecule has 0 saturated carbocycles. The summed E-state index contributed by atoms with van der Waals surface area (Å²) in [6.45, 7) is 0. The average Bonchev–Trinajstić information content (AvgIpc) is 2.46. The monoisotopic (exact) mass is 287 g/mol. The summed E-state index contributed by atoms with van der Waals surface area (Å²) < 4.78 is 5.58. The summed E-state index contributed by atoms with van der Waals surface area (Å²) in [7, 11) is 1.65. The fourth-order valence-corrected chi connectivity index (χ4v) is 2.30. The molecular weight excluding hydrogens is 278 g/mol. The van der Waals surface area contributed by atoms with E-state index in [1.807, 2.05) is 0 Å². The van der Waals surface area contributed by atoms with Gasteiger partial charge in [0, 0.05) is 7.05 Å². The van der Waals surface area contributed by atoms with Crippen molar-refractivity contribution in [2.45, 2.75) is 0 Å². The van der Waals surface area contributed by atoms with E-state index in [0.717, 1.165) is 6.07 Å². The van der Waals surface area contributed by atoms with Crippen LogP contribution in [0, 0.1) is 20.2 Å². The first-order valence-corrected chi connectivity index (χ1v) is 5.96. The van der Waals surface area contributed by atoms with E-state index in [0.29, 0.717) is 11.4 Å². The Bertz CT molecular complexity index is 774. The lowest BCUT2D eigenvalue weighted by molar-refractivity contribution is -0.393. The van der Waals surface area contributed by atoms with Crippen molar-refractivity contribution in [2.75, 3.05) is 11.9 Å². The Morgan fingerprint density at radius 3 is 2.43 bits per heavy atom. The Kier molecular flexibility index (Phi) is 2.72. The highest BCUT2D eigenvalue weighted by Gasteiger charge is 2.32. The van der Waals surface area contributed by atoms with Crippen LogP contribution in [0.25, 0.3) is 0 Å². The molecule has 0 unspecified atom stereocenters. The largest absolute Gasteiger partial charge is 0.452 e. The van der Waals surface area contributed by atoms with Crippen LogP contribution in [0.5, 0.6) is 11.5 Å². The maximum atomic E-state index is 11.2. The number of rotatable bonds is 2. The molecule has 1 aliphatic rings. The highest BCUT2D eigenvalue weighted by molar-refractivity contribution is 5.85. The Morgan fingerprint density at radius 2 is 1.76 bits per heavy atom. The van der Waals surface area contributed by atoms with Gasteiger partial charge in [0.1, 0.15) is 0 Å². The molecule has 3 rings (SSSR count). The Balaban J connectivity index is 2.26. The molecule has 106 valence electrons. The summed E-state index contributed by atoms with van der Waals surface area (Å²) >= 11 is 0. The predicted octanol–water partition coefficient (Wildman–Crippen LogP) is 3.38. The minimum atomic E-state index is -0.683. The van der Waals surface area contributed by atoms with Crippen LogP contribution in [-0.2, 0) is 0 Å². The molecule has 0 N–H and O–H groups in total. The number of fused-ring (bicyclic) bond motifs is 2. The molecular formula is C13H9N3O5. The van der Waals surface area contributed by atoms with Crippen LogP contribution in [0.1, 0.15) is 0 Å². The van der Waals surface area contributed by atoms with Gasteiger partial charge in [0.15, 0.2) is 17.2 Å². The van der Waals surface area contributed by atoms with E-state index in [2.05, 4.69) is 0 Å². The summed E-state index contributed by atoms with van der Waals surface area (Å²) in [5, 5.41) is 22.1. The van der Waals surface area contributed by atoms with Gasteiger partial charge in [-0.3, -0.25) is 20.2 Å². The third-order valence-corrected chi connectivity index (χ3v) is 3.23. The van der Waals surface area contributed by atoms with Crippen LogP contribution >= 0.6 is 0 Å². The molecule has 0 aromatic heterocycles. The SMILES string of the molecule is CN1c2ccccc2Oc2cc([N+](=O)[O-])cc([N+](=O)[O-])c21. The molecule has 0 spiro atoms. The van der Waals surface area contributed by atoms with E-state index in [1.54, 1.807) is 36.2 Å². The molecule has 0 aliphatic carbocycles. The zero-order chi connectivity index (χ0) is 15.1. The summed E-state index contributed by atoms with van der Waals surface area (Å²) in [4.78, 5) is 22.4. The molecule has 8 heteroatoms. The van der Waals surface area contributed by atoms with Crippen LogP contribution in [0.4, 0.5) is 22.7 Å². The van der Waals surface area contributed by atoms with E-state index in [1.165, 1.54) is 6.07 Å². The summed E-state index contributed by atoms with van der Waals surface area (Å²) in [5.74, 6) is 0.583. The molecule has 2 aromatic carbocycles. The van der Waals surface area contributed by atoms with Crippen LogP contribution in [0.2, 0.25) is 0 Å². The van der Waals surface area contributed by atoms with E-state index in [9.17, 15) is 20.2 Å². The summed E-state index contributed by atoms with van der Waals surface area (Å²) in [6, 6.07) is 9.11. The minimum Gasteiger partial charge on any atom is -0.452 e. The number of benzene rings is 2. The zero-order valence-electron chi connectivity index (χ0n) is 10.8. The Morgan fingerprint density at radius 1 is 1.05 bits per heavy atom. The standard InChI is InChI=1S/C13H9N3O5/c1-14-9-4-2-3-5-11(9)21-12-7-8(15(17)18)6-10(13(12)14)16(19)20/h2-7H,1H3. The molecule has 1 heterocycles. The average molecular weight is 287 g/mol. The lowest BCUT2D eigenvalue weighted by Crippen LogP contribution is -2.17. The fraction of sp³-hybridized carbons (Fsp3) is 0.0769. The maximum absolute atomic E-state index is 11.2. The van der Waals surface area contributed by atoms with E-state index in [-0.39, 0.29) is 22.8 Å². The number of nitro groups is 2. The van der Waals surface area contributed by atoms with Crippen LogP contribution in [0.3, 0.4) is 0 Å². The number of non-ortho nitro benzene ring substituents is 1. The van der Waals surface area contributed by atoms with Gasteiger partial charge < -0.3 is 9.64 Å². The van der Waals surface area contributed by atoms with Gasteiger partial charge in [-0.05, 0) is 12.1 Å². The van der Waals surface area contributed by atoms with Crippen molar-refractivity contribution >= 4 is 22.7 Å². The summed E-state index contributed by atoms with van der Waals surface area (Å²) in [6.07, 6.45) is 0. The first-order chi connectivity index (χ1) is 9.99. The minimum absolute atomic E-state index is 0.0945. The van der Waals surface area contributed by atoms with Gasteiger partial charge in [0.05, 0.1) is 27.7 Å². The molecule has 0 atom stereocenters. The lowest BCUT2D eigenvalue weighted by Gasteiger charge is -2.28. The van der Waals surface area contributed by atoms with Crippen molar-refractivity contribution in [2.24, 2.45) is 0 Å². The zero-order valence-corrected chi connectivity index (χ0v) is 10.8. The molecule has 0 fully saturated rings. The van der Waals surface area contributed by atoms with Crippen molar-refractivity contribution in [1.29, 1.82) is 0 Å². The number of hydrogen-bond donors (Lipinski definition) is 0.